The molecule has 0 saturated carbocycles. The zero-order valence-corrected chi connectivity index (χ0v) is 11.3. The number of benzene rings is 1. The SMILES string of the molecule is CN(C)C1CCN(C(=O)c2ccc(O)c(Cl)c2)C1. The van der Waals surface area contributed by atoms with E-state index in [1.54, 1.807) is 6.07 Å². The second-order valence-electron chi connectivity index (χ2n) is 4.82. The maximum atomic E-state index is 12.2. The average Bonchev–Trinajstić information content (AvgIpc) is 2.81. The van der Waals surface area contributed by atoms with Gasteiger partial charge in [-0.3, -0.25) is 4.79 Å². The van der Waals surface area contributed by atoms with Crippen LogP contribution in [0.5, 0.6) is 5.75 Å². The molecule has 0 spiro atoms. The van der Waals surface area contributed by atoms with Crippen LogP contribution in [0.3, 0.4) is 0 Å². The van der Waals surface area contributed by atoms with Crippen LogP contribution in [0.2, 0.25) is 5.02 Å². The van der Waals surface area contributed by atoms with Crippen LogP contribution < -0.4 is 0 Å². The summed E-state index contributed by atoms with van der Waals surface area (Å²) in [6.45, 7) is 1.50. The number of nitrogens with zero attached hydrogens (tertiary/aromatic N) is 2. The van der Waals surface area contributed by atoms with E-state index < -0.39 is 0 Å². The molecular weight excluding hydrogens is 252 g/mol. The van der Waals surface area contributed by atoms with Crippen LogP contribution in [0.4, 0.5) is 0 Å². The number of phenols is 1. The molecule has 0 aliphatic carbocycles. The molecule has 1 heterocycles. The minimum atomic E-state index is -0.0266. The summed E-state index contributed by atoms with van der Waals surface area (Å²) in [5.74, 6) is -0.0259. The predicted octanol–water partition coefficient (Wildman–Crippen LogP) is 1.82. The molecule has 1 aromatic carbocycles. The second-order valence-corrected chi connectivity index (χ2v) is 5.23. The van der Waals surface area contributed by atoms with Crippen LogP contribution >= 0.6 is 11.6 Å². The lowest BCUT2D eigenvalue weighted by molar-refractivity contribution is 0.0783. The molecule has 5 heteroatoms. The lowest BCUT2D eigenvalue weighted by Crippen LogP contribution is -2.34. The van der Waals surface area contributed by atoms with Crippen LogP contribution in [0.25, 0.3) is 0 Å². The number of likely N-dealkylation sites (N-methyl/N-ethyl adjacent to an activating group) is 1. The van der Waals surface area contributed by atoms with Crippen molar-refractivity contribution in [3.8, 4) is 5.75 Å². The van der Waals surface area contributed by atoms with Gasteiger partial charge in [-0.05, 0) is 38.7 Å². The van der Waals surface area contributed by atoms with E-state index in [2.05, 4.69) is 4.90 Å². The van der Waals surface area contributed by atoms with Gasteiger partial charge >= 0.3 is 0 Å². The lowest BCUT2D eigenvalue weighted by atomic mass is 10.2. The van der Waals surface area contributed by atoms with Crippen LogP contribution in [0.15, 0.2) is 18.2 Å². The number of amides is 1. The summed E-state index contributed by atoms with van der Waals surface area (Å²) >= 11 is 5.81. The normalized spacial score (nSPS) is 19.6. The van der Waals surface area contributed by atoms with Gasteiger partial charge in [0, 0.05) is 24.7 Å². The Morgan fingerprint density at radius 3 is 2.78 bits per heavy atom. The number of halogens is 1. The Morgan fingerprint density at radius 1 is 1.50 bits per heavy atom. The summed E-state index contributed by atoms with van der Waals surface area (Å²) in [4.78, 5) is 16.2. The minimum Gasteiger partial charge on any atom is -0.506 e. The number of aromatic hydroxyl groups is 1. The second kappa shape index (κ2) is 5.16. The summed E-state index contributed by atoms with van der Waals surface area (Å²) in [6, 6.07) is 4.99. The highest BCUT2D eigenvalue weighted by molar-refractivity contribution is 6.32. The highest BCUT2D eigenvalue weighted by Crippen LogP contribution is 2.25. The fraction of sp³-hybridized carbons (Fsp3) is 0.462. The Labute approximate surface area is 112 Å². The van der Waals surface area contributed by atoms with Crippen LogP contribution in [-0.2, 0) is 0 Å². The van der Waals surface area contributed by atoms with E-state index in [-0.39, 0.29) is 16.7 Å². The molecule has 1 atom stereocenters. The largest absolute Gasteiger partial charge is 0.506 e. The molecule has 98 valence electrons. The van der Waals surface area contributed by atoms with Gasteiger partial charge in [0.15, 0.2) is 0 Å². The molecule has 1 aromatic rings. The number of carbonyl (C=O) groups excluding carboxylic acids is 1. The summed E-state index contributed by atoms with van der Waals surface area (Å²) in [5, 5.41) is 9.55. The van der Waals surface area contributed by atoms with Crippen LogP contribution in [0, 0.1) is 0 Å². The lowest BCUT2D eigenvalue weighted by Gasteiger charge is -2.20. The number of phenolic OH excluding ortho intramolecular Hbond substituents is 1. The van der Waals surface area contributed by atoms with Crippen molar-refractivity contribution in [3.63, 3.8) is 0 Å². The van der Waals surface area contributed by atoms with Crippen molar-refractivity contribution in [2.24, 2.45) is 0 Å². The standard InChI is InChI=1S/C13H17ClN2O2/c1-15(2)10-5-6-16(8-10)13(18)9-3-4-12(17)11(14)7-9/h3-4,7,10,17H,5-6,8H2,1-2H3. The van der Waals surface area contributed by atoms with Gasteiger partial charge in [-0.1, -0.05) is 11.6 Å². The summed E-state index contributed by atoms with van der Waals surface area (Å²) in [6.07, 6.45) is 0.991. The fourth-order valence-electron chi connectivity index (χ4n) is 2.17. The van der Waals surface area contributed by atoms with E-state index >= 15 is 0 Å². The van der Waals surface area contributed by atoms with Crippen LogP contribution in [-0.4, -0.2) is 54.0 Å². The first kappa shape index (κ1) is 13.2. The van der Waals surface area contributed by atoms with Gasteiger partial charge in [0.2, 0.25) is 0 Å². The number of carbonyl (C=O) groups is 1. The number of rotatable bonds is 2. The maximum Gasteiger partial charge on any atom is 0.253 e. The van der Waals surface area contributed by atoms with E-state index in [4.69, 9.17) is 11.6 Å². The van der Waals surface area contributed by atoms with Gasteiger partial charge in [-0.25, -0.2) is 0 Å². The predicted molar refractivity (Wildman–Crippen MR) is 71.1 cm³/mol. The Kier molecular flexibility index (Phi) is 3.78. The zero-order valence-electron chi connectivity index (χ0n) is 10.6. The zero-order chi connectivity index (χ0) is 13.3. The molecule has 1 unspecified atom stereocenters. The molecule has 0 radical (unpaired) electrons. The third kappa shape index (κ3) is 2.60. The molecule has 4 nitrogen and oxygen atoms in total. The van der Waals surface area contributed by atoms with Crippen molar-refractivity contribution in [2.75, 3.05) is 27.2 Å². The summed E-state index contributed by atoms with van der Waals surface area (Å²) in [7, 11) is 4.05. The molecule has 1 aliphatic heterocycles. The molecular formula is C13H17ClN2O2. The first-order valence-electron chi connectivity index (χ1n) is 5.93. The van der Waals surface area contributed by atoms with Crippen molar-refractivity contribution in [1.82, 2.24) is 9.80 Å². The average molecular weight is 269 g/mol. The van der Waals surface area contributed by atoms with E-state index in [1.165, 1.54) is 12.1 Å². The molecule has 1 amide bonds. The Hall–Kier alpha value is -1.26. The number of hydrogen-bond acceptors (Lipinski definition) is 3. The van der Waals surface area contributed by atoms with Crippen molar-refractivity contribution >= 4 is 17.5 Å². The Balaban J connectivity index is 2.10. The summed E-state index contributed by atoms with van der Waals surface area (Å²) in [5.41, 5.74) is 0.525. The van der Waals surface area contributed by atoms with Crippen molar-refractivity contribution in [3.05, 3.63) is 28.8 Å². The van der Waals surface area contributed by atoms with E-state index in [0.29, 0.717) is 11.6 Å². The van der Waals surface area contributed by atoms with Gasteiger partial charge in [0.05, 0.1) is 5.02 Å². The molecule has 1 N–H and O–H groups in total. The van der Waals surface area contributed by atoms with E-state index in [0.717, 1.165) is 19.5 Å². The fourth-order valence-corrected chi connectivity index (χ4v) is 2.35. The van der Waals surface area contributed by atoms with Crippen LogP contribution in [0.1, 0.15) is 16.8 Å². The molecule has 18 heavy (non-hydrogen) atoms. The Bertz CT molecular complexity index is 462. The van der Waals surface area contributed by atoms with Crippen molar-refractivity contribution in [2.45, 2.75) is 12.5 Å². The molecule has 1 fully saturated rings. The van der Waals surface area contributed by atoms with Crippen molar-refractivity contribution in [1.29, 1.82) is 0 Å². The van der Waals surface area contributed by atoms with Gasteiger partial charge in [0.25, 0.3) is 5.91 Å². The molecule has 0 aromatic heterocycles. The summed E-state index contributed by atoms with van der Waals surface area (Å²) < 4.78 is 0. The topological polar surface area (TPSA) is 43.8 Å². The maximum absolute atomic E-state index is 12.2. The monoisotopic (exact) mass is 268 g/mol. The van der Waals surface area contributed by atoms with Gasteiger partial charge in [-0.2, -0.15) is 0 Å². The first-order chi connectivity index (χ1) is 8.49. The smallest absolute Gasteiger partial charge is 0.253 e. The quantitative estimate of drug-likeness (QED) is 0.890. The number of hydrogen-bond donors (Lipinski definition) is 1. The molecule has 1 aliphatic rings. The van der Waals surface area contributed by atoms with Gasteiger partial charge < -0.3 is 14.9 Å². The van der Waals surface area contributed by atoms with Crippen molar-refractivity contribution < 1.29 is 9.90 Å². The third-order valence-corrected chi connectivity index (χ3v) is 3.68. The van der Waals surface area contributed by atoms with Gasteiger partial charge in [0.1, 0.15) is 5.75 Å². The van der Waals surface area contributed by atoms with E-state index in [1.807, 2.05) is 19.0 Å². The molecule has 1 saturated heterocycles. The Morgan fingerprint density at radius 2 is 2.22 bits per heavy atom. The molecule has 0 bridgehead atoms. The van der Waals surface area contributed by atoms with E-state index in [9.17, 15) is 9.90 Å². The number of likely N-dealkylation sites (tertiary alicyclic amines) is 1. The molecule has 2 rings (SSSR count). The minimum absolute atomic E-state index is 0.000747. The van der Waals surface area contributed by atoms with Gasteiger partial charge in [-0.15, -0.1) is 0 Å². The highest BCUT2D eigenvalue weighted by Gasteiger charge is 2.28. The first-order valence-corrected chi connectivity index (χ1v) is 6.31. The highest BCUT2D eigenvalue weighted by atomic mass is 35.5. The third-order valence-electron chi connectivity index (χ3n) is 3.38.